The van der Waals surface area contributed by atoms with Gasteiger partial charge < -0.3 is 10.1 Å². The Labute approximate surface area is 133 Å². The van der Waals surface area contributed by atoms with Crippen LogP contribution in [0.25, 0.3) is 10.9 Å². The summed E-state index contributed by atoms with van der Waals surface area (Å²) in [4.78, 5) is 20.8. The fourth-order valence-corrected chi connectivity index (χ4v) is 3.38. The molecule has 5 nitrogen and oxygen atoms in total. The number of aromatic nitrogens is 2. The van der Waals surface area contributed by atoms with Gasteiger partial charge in [-0.25, -0.2) is 9.97 Å². The van der Waals surface area contributed by atoms with Crippen LogP contribution in [0.1, 0.15) is 18.7 Å². The Morgan fingerprint density at radius 3 is 3.09 bits per heavy atom. The Kier molecular flexibility index (Phi) is 4.90. The molecule has 22 heavy (non-hydrogen) atoms. The second-order valence-corrected chi connectivity index (χ2v) is 6.28. The highest BCUT2D eigenvalue weighted by atomic mass is 32.2. The van der Waals surface area contributed by atoms with Crippen LogP contribution in [0.15, 0.2) is 29.3 Å². The second-order valence-electron chi connectivity index (χ2n) is 5.32. The molecule has 1 aromatic carbocycles. The molecule has 0 spiro atoms. The molecule has 0 aliphatic carbocycles. The number of aryl methyl sites for hydroxylation is 1. The van der Waals surface area contributed by atoms with E-state index in [2.05, 4.69) is 15.3 Å². The molecule has 3 rings (SSSR count). The lowest BCUT2D eigenvalue weighted by atomic mass is 10.2. The quantitative estimate of drug-likeness (QED) is 0.677. The van der Waals surface area contributed by atoms with Gasteiger partial charge in [-0.2, -0.15) is 0 Å². The molecule has 0 radical (unpaired) electrons. The largest absolute Gasteiger partial charge is 0.376 e. The van der Waals surface area contributed by atoms with E-state index in [1.807, 2.05) is 31.2 Å². The molecular formula is C16H19N3O2S. The van der Waals surface area contributed by atoms with Crippen molar-refractivity contribution in [3.8, 4) is 0 Å². The predicted octanol–water partition coefficient (Wildman–Crippen LogP) is 2.33. The van der Waals surface area contributed by atoms with Crippen molar-refractivity contribution in [1.29, 1.82) is 0 Å². The third kappa shape index (κ3) is 3.75. The molecule has 0 saturated carbocycles. The zero-order chi connectivity index (χ0) is 15.4. The smallest absolute Gasteiger partial charge is 0.230 e. The number of rotatable bonds is 5. The minimum Gasteiger partial charge on any atom is -0.376 e. The lowest BCUT2D eigenvalue weighted by Crippen LogP contribution is -2.32. The fraction of sp³-hybridized carbons (Fsp3) is 0.438. The van der Waals surface area contributed by atoms with E-state index in [0.29, 0.717) is 12.3 Å². The number of nitrogens with one attached hydrogen (secondary N) is 1. The molecule has 1 aliphatic rings. The molecule has 1 aromatic heterocycles. The third-order valence-electron chi connectivity index (χ3n) is 3.57. The number of hydrogen-bond acceptors (Lipinski definition) is 5. The first-order valence-electron chi connectivity index (χ1n) is 7.47. The number of ether oxygens (including phenoxy) is 1. The first-order chi connectivity index (χ1) is 10.7. The zero-order valence-corrected chi connectivity index (χ0v) is 13.4. The van der Waals surface area contributed by atoms with Crippen molar-refractivity contribution in [3.63, 3.8) is 0 Å². The summed E-state index contributed by atoms with van der Waals surface area (Å²) >= 11 is 1.45. The Bertz CT molecular complexity index is 671. The summed E-state index contributed by atoms with van der Waals surface area (Å²) in [6, 6.07) is 7.87. The van der Waals surface area contributed by atoms with E-state index < -0.39 is 0 Å². The molecule has 0 bridgehead atoms. The molecule has 1 saturated heterocycles. The van der Waals surface area contributed by atoms with Gasteiger partial charge in [-0.15, -0.1) is 0 Å². The topological polar surface area (TPSA) is 64.1 Å². The third-order valence-corrected chi connectivity index (χ3v) is 4.56. The summed E-state index contributed by atoms with van der Waals surface area (Å²) in [5.74, 6) is 1.09. The standard InChI is InChI=1S/C16H19N3O2S/c1-11-18-14-7-3-2-6-13(14)16(19-11)22-10-15(20)17-9-12-5-4-8-21-12/h2-3,6-7,12H,4-5,8-10H2,1H3,(H,17,20)/t12-/m1/s1. The van der Waals surface area contributed by atoms with Crippen LogP contribution >= 0.6 is 11.8 Å². The van der Waals surface area contributed by atoms with Crippen LogP contribution in [-0.4, -0.2) is 40.9 Å². The fourth-order valence-electron chi connectivity index (χ4n) is 2.49. The average molecular weight is 317 g/mol. The van der Waals surface area contributed by atoms with Gasteiger partial charge in [0, 0.05) is 18.5 Å². The van der Waals surface area contributed by atoms with Crippen LogP contribution in [0.3, 0.4) is 0 Å². The van der Waals surface area contributed by atoms with Crippen LogP contribution in [-0.2, 0) is 9.53 Å². The highest BCUT2D eigenvalue weighted by Gasteiger charge is 2.16. The lowest BCUT2D eigenvalue weighted by Gasteiger charge is -2.11. The first-order valence-corrected chi connectivity index (χ1v) is 8.45. The van der Waals surface area contributed by atoms with Gasteiger partial charge in [0.1, 0.15) is 10.9 Å². The van der Waals surface area contributed by atoms with Gasteiger partial charge in [-0.05, 0) is 25.8 Å². The maximum atomic E-state index is 12.0. The maximum absolute atomic E-state index is 12.0. The minimum atomic E-state index is 0.0147. The summed E-state index contributed by atoms with van der Waals surface area (Å²) in [5.41, 5.74) is 0.914. The van der Waals surface area contributed by atoms with Crippen LogP contribution < -0.4 is 5.32 Å². The normalized spacial score (nSPS) is 17.8. The van der Waals surface area contributed by atoms with Crippen molar-refractivity contribution in [2.45, 2.75) is 30.9 Å². The van der Waals surface area contributed by atoms with Crippen molar-refractivity contribution in [2.75, 3.05) is 18.9 Å². The molecule has 1 N–H and O–H groups in total. The number of nitrogens with zero attached hydrogens (tertiary/aromatic N) is 2. The van der Waals surface area contributed by atoms with E-state index in [1.54, 1.807) is 0 Å². The average Bonchev–Trinajstić information content (AvgIpc) is 3.04. The van der Waals surface area contributed by atoms with E-state index in [-0.39, 0.29) is 12.0 Å². The Balaban J connectivity index is 1.59. The number of fused-ring (bicyclic) bond motifs is 1. The predicted molar refractivity (Wildman–Crippen MR) is 87.0 cm³/mol. The maximum Gasteiger partial charge on any atom is 0.230 e. The van der Waals surface area contributed by atoms with Crippen LogP contribution in [0.5, 0.6) is 0 Å². The Hall–Kier alpha value is -1.66. The number of para-hydroxylation sites is 1. The monoisotopic (exact) mass is 317 g/mol. The SMILES string of the molecule is Cc1nc(SCC(=O)NC[C@H]2CCCO2)c2ccccc2n1. The number of thioether (sulfide) groups is 1. The zero-order valence-electron chi connectivity index (χ0n) is 12.5. The molecule has 0 unspecified atom stereocenters. The van der Waals surface area contributed by atoms with E-state index in [0.717, 1.165) is 41.2 Å². The Morgan fingerprint density at radius 1 is 1.41 bits per heavy atom. The summed E-state index contributed by atoms with van der Waals surface area (Å²) < 4.78 is 5.50. The summed E-state index contributed by atoms with van der Waals surface area (Å²) in [7, 11) is 0. The van der Waals surface area contributed by atoms with Crippen LogP contribution in [0.2, 0.25) is 0 Å². The number of amides is 1. The van der Waals surface area contributed by atoms with E-state index in [1.165, 1.54) is 11.8 Å². The summed E-state index contributed by atoms with van der Waals surface area (Å²) in [6.07, 6.45) is 2.29. The summed E-state index contributed by atoms with van der Waals surface area (Å²) in [6.45, 7) is 3.28. The van der Waals surface area contributed by atoms with Gasteiger partial charge in [0.25, 0.3) is 0 Å². The van der Waals surface area contributed by atoms with E-state index >= 15 is 0 Å². The Morgan fingerprint density at radius 2 is 2.27 bits per heavy atom. The van der Waals surface area contributed by atoms with Gasteiger partial charge in [0.15, 0.2) is 0 Å². The molecular weight excluding hydrogens is 298 g/mol. The molecule has 116 valence electrons. The number of hydrogen-bond donors (Lipinski definition) is 1. The van der Waals surface area contributed by atoms with Gasteiger partial charge in [-0.3, -0.25) is 4.79 Å². The van der Waals surface area contributed by atoms with Gasteiger partial charge in [0.05, 0.1) is 17.4 Å². The van der Waals surface area contributed by atoms with Crippen molar-refractivity contribution in [1.82, 2.24) is 15.3 Å². The van der Waals surface area contributed by atoms with Gasteiger partial charge >= 0.3 is 0 Å². The van der Waals surface area contributed by atoms with Crippen molar-refractivity contribution in [3.05, 3.63) is 30.1 Å². The molecule has 1 fully saturated rings. The first kappa shape index (κ1) is 15.2. The van der Waals surface area contributed by atoms with Crippen molar-refractivity contribution >= 4 is 28.6 Å². The molecule has 1 atom stereocenters. The highest BCUT2D eigenvalue weighted by Crippen LogP contribution is 2.24. The van der Waals surface area contributed by atoms with E-state index in [9.17, 15) is 4.79 Å². The molecule has 2 aromatic rings. The van der Waals surface area contributed by atoms with Crippen LogP contribution in [0, 0.1) is 6.92 Å². The molecule has 1 aliphatic heterocycles. The second kappa shape index (κ2) is 7.07. The lowest BCUT2D eigenvalue weighted by molar-refractivity contribution is -0.119. The van der Waals surface area contributed by atoms with E-state index in [4.69, 9.17) is 4.74 Å². The highest BCUT2D eigenvalue weighted by molar-refractivity contribution is 8.00. The number of benzene rings is 1. The van der Waals surface area contributed by atoms with Crippen molar-refractivity contribution < 1.29 is 9.53 Å². The van der Waals surface area contributed by atoms with Crippen LogP contribution in [0.4, 0.5) is 0 Å². The number of carbonyl (C=O) groups excluding carboxylic acids is 1. The molecule has 1 amide bonds. The molecule has 6 heteroatoms. The van der Waals surface area contributed by atoms with Gasteiger partial charge in [-0.1, -0.05) is 30.0 Å². The van der Waals surface area contributed by atoms with Gasteiger partial charge in [0.2, 0.25) is 5.91 Å². The minimum absolute atomic E-state index is 0.0147. The molecule has 2 heterocycles. The summed E-state index contributed by atoms with van der Waals surface area (Å²) in [5, 5.41) is 4.78. The number of carbonyl (C=O) groups is 1. The van der Waals surface area contributed by atoms with Crippen molar-refractivity contribution in [2.24, 2.45) is 0 Å².